The van der Waals surface area contributed by atoms with Crippen LogP contribution in [0.2, 0.25) is 0 Å². The minimum atomic E-state index is -3.01. The molecule has 1 saturated heterocycles. The van der Waals surface area contributed by atoms with Gasteiger partial charge in [-0.15, -0.1) is 0 Å². The fraction of sp³-hybridized carbons (Fsp3) is 1.00. The van der Waals surface area contributed by atoms with E-state index in [1.54, 1.807) is 0 Å². The van der Waals surface area contributed by atoms with Gasteiger partial charge in [-0.3, -0.25) is 0 Å². The first-order valence-electron chi connectivity index (χ1n) is 5.84. The molecular weight excluding hydrogens is 212 g/mol. The van der Waals surface area contributed by atoms with Gasteiger partial charge in [0.15, 0.2) is 0 Å². The highest BCUT2D eigenvalue weighted by atomic mass is 32.2. The van der Waals surface area contributed by atoms with Gasteiger partial charge in [-0.05, 0) is 50.6 Å². The van der Waals surface area contributed by atoms with E-state index in [1.165, 1.54) is 12.8 Å². The monoisotopic (exact) mass is 232 g/mol. The van der Waals surface area contributed by atoms with Gasteiger partial charge in [-0.25, -0.2) is 13.1 Å². The van der Waals surface area contributed by atoms with Crippen LogP contribution in [-0.4, -0.2) is 33.8 Å². The number of hydrogen-bond donors (Lipinski definition) is 2. The van der Waals surface area contributed by atoms with Gasteiger partial charge in [0.25, 0.3) is 0 Å². The molecule has 1 heterocycles. The first kappa shape index (κ1) is 11.4. The van der Waals surface area contributed by atoms with Gasteiger partial charge in [0.2, 0.25) is 10.0 Å². The van der Waals surface area contributed by atoms with Crippen LogP contribution in [0.15, 0.2) is 0 Å². The van der Waals surface area contributed by atoms with Gasteiger partial charge < -0.3 is 5.32 Å². The summed E-state index contributed by atoms with van der Waals surface area (Å²) in [5.41, 5.74) is 0. The van der Waals surface area contributed by atoms with E-state index in [0.29, 0.717) is 24.1 Å². The van der Waals surface area contributed by atoms with Crippen LogP contribution in [-0.2, 0) is 10.0 Å². The van der Waals surface area contributed by atoms with Crippen LogP contribution < -0.4 is 10.0 Å². The molecule has 0 amide bonds. The Labute approximate surface area is 91.9 Å². The average Bonchev–Trinajstić information content (AvgIpc) is 2.99. The number of piperidine rings is 1. The number of sulfonamides is 1. The van der Waals surface area contributed by atoms with Crippen molar-refractivity contribution in [1.29, 1.82) is 0 Å². The Morgan fingerprint density at radius 2 is 1.73 bits per heavy atom. The Kier molecular flexibility index (Phi) is 3.64. The highest BCUT2D eigenvalue weighted by Gasteiger charge is 2.25. The average molecular weight is 232 g/mol. The summed E-state index contributed by atoms with van der Waals surface area (Å²) in [4.78, 5) is 0. The van der Waals surface area contributed by atoms with Gasteiger partial charge in [-0.1, -0.05) is 0 Å². The third-order valence-electron chi connectivity index (χ3n) is 3.20. The molecule has 1 aliphatic carbocycles. The van der Waals surface area contributed by atoms with Crippen LogP contribution in [0.1, 0.15) is 25.7 Å². The molecular formula is C10H20N2O2S. The molecule has 0 bridgehead atoms. The predicted octanol–water partition coefficient (Wildman–Crippen LogP) is 0.315. The zero-order chi connectivity index (χ0) is 10.7. The van der Waals surface area contributed by atoms with Crippen LogP contribution in [0.3, 0.4) is 0 Å². The van der Waals surface area contributed by atoms with Crippen molar-refractivity contribution in [3.8, 4) is 0 Å². The smallest absolute Gasteiger partial charge is 0.211 e. The molecule has 0 radical (unpaired) electrons. The van der Waals surface area contributed by atoms with E-state index < -0.39 is 10.0 Å². The van der Waals surface area contributed by atoms with Crippen LogP contribution in [0, 0.1) is 11.8 Å². The highest BCUT2D eigenvalue weighted by molar-refractivity contribution is 7.89. The van der Waals surface area contributed by atoms with Crippen LogP contribution in [0.25, 0.3) is 0 Å². The summed E-state index contributed by atoms with van der Waals surface area (Å²) in [6.07, 6.45) is 4.36. The zero-order valence-electron chi connectivity index (χ0n) is 9.04. The maximum absolute atomic E-state index is 11.7. The second kappa shape index (κ2) is 4.80. The molecule has 1 aliphatic heterocycles. The van der Waals surface area contributed by atoms with E-state index in [-0.39, 0.29) is 0 Å². The molecule has 0 unspecified atom stereocenters. The van der Waals surface area contributed by atoms with E-state index >= 15 is 0 Å². The second-order valence-corrected chi connectivity index (χ2v) is 6.62. The normalized spacial score (nSPS) is 24.3. The van der Waals surface area contributed by atoms with Crippen molar-refractivity contribution in [1.82, 2.24) is 10.0 Å². The van der Waals surface area contributed by atoms with Crippen molar-refractivity contribution in [2.75, 3.05) is 25.4 Å². The fourth-order valence-corrected chi connectivity index (χ4v) is 3.55. The summed E-state index contributed by atoms with van der Waals surface area (Å²) in [5, 5.41) is 3.25. The number of rotatable bonds is 5. The number of hydrogen-bond acceptors (Lipinski definition) is 3. The van der Waals surface area contributed by atoms with Crippen molar-refractivity contribution in [3.63, 3.8) is 0 Å². The van der Waals surface area contributed by atoms with Gasteiger partial charge >= 0.3 is 0 Å². The highest BCUT2D eigenvalue weighted by Crippen LogP contribution is 2.27. The first-order chi connectivity index (χ1) is 7.16. The molecule has 4 nitrogen and oxygen atoms in total. The fourth-order valence-electron chi connectivity index (χ4n) is 1.98. The van der Waals surface area contributed by atoms with Crippen molar-refractivity contribution in [3.05, 3.63) is 0 Å². The van der Waals surface area contributed by atoms with Crippen LogP contribution >= 0.6 is 0 Å². The SMILES string of the molecule is O=S(=O)(CC1CCNCC1)NCC1CC1. The Morgan fingerprint density at radius 3 is 2.33 bits per heavy atom. The molecule has 0 atom stereocenters. The Hall–Kier alpha value is -0.130. The summed E-state index contributed by atoms with van der Waals surface area (Å²) < 4.78 is 26.1. The Morgan fingerprint density at radius 1 is 1.07 bits per heavy atom. The largest absolute Gasteiger partial charge is 0.317 e. The molecule has 2 fully saturated rings. The topological polar surface area (TPSA) is 58.2 Å². The lowest BCUT2D eigenvalue weighted by molar-refractivity contribution is 0.400. The van der Waals surface area contributed by atoms with Crippen molar-refractivity contribution < 1.29 is 8.42 Å². The number of nitrogens with one attached hydrogen (secondary N) is 2. The molecule has 88 valence electrons. The van der Waals surface area contributed by atoms with Gasteiger partial charge in [0.1, 0.15) is 0 Å². The molecule has 0 aromatic rings. The molecule has 2 rings (SSSR count). The zero-order valence-corrected chi connectivity index (χ0v) is 9.85. The molecule has 2 N–H and O–H groups in total. The second-order valence-electron chi connectivity index (χ2n) is 4.77. The van der Waals surface area contributed by atoms with Crippen LogP contribution in [0.4, 0.5) is 0 Å². The lowest BCUT2D eigenvalue weighted by Gasteiger charge is -2.22. The Balaban J connectivity index is 1.74. The summed E-state index contributed by atoms with van der Waals surface area (Å²) in [6.45, 7) is 2.58. The van der Waals surface area contributed by atoms with E-state index in [9.17, 15) is 8.42 Å². The van der Waals surface area contributed by atoms with Gasteiger partial charge in [0.05, 0.1) is 5.75 Å². The van der Waals surface area contributed by atoms with Crippen molar-refractivity contribution in [2.45, 2.75) is 25.7 Å². The van der Waals surface area contributed by atoms with Crippen LogP contribution in [0.5, 0.6) is 0 Å². The molecule has 1 saturated carbocycles. The maximum atomic E-state index is 11.7. The molecule has 0 aromatic heterocycles. The molecule has 5 heteroatoms. The Bertz CT molecular complexity index is 293. The summed E-state index contributed by atoms with van der Waals surface area (Å²) in [6, 6.07) is 0. The summed E-state index contributed by atoms with van der Waals surface area (Å²) in [7, 11) is -3.01. The van der Waals surface area contributed by atoms with E-state index in [0.717, 1.165) is 25.9 Å². The van der Waals surface area contributed by atoms with Gasteiger partial charge in [-0.2, -0.15) is 0 Å². The lowest BCUT2D eigenvalue weighted by Crippen LogP contribution is -2.36. The molecule has 0 aromatic carbocycles. The third-order valence-corrected chi connectivity index (χ3v) is 4.72. The maximum Gasteiger partial charge on any atom is 0.211 e. The third kappa shape index (κ3) is 4.09. The van der Waals surface area contributed by atoms with Crippen molar-refractivity contribution in [2.24, 2.45) is 11.8 Å². The predicted molar refractivity (Wildman–Crippen MR) is 60.1 cm³/mol. The van der Waals surface area contributed by atoms with E-state index in [4.69, 9.17) is 0 Å². The summed E-state index contributed by atoms with van der Waals surface area (Å²) >= 11 is 0. The van der Waals surface area contributed by atoms with Crippen molar-refractivity contribution >= 4 is 10.0 Å². The molecule has 0 spiro atoms. The van der Waals surface area contributed by atoms with E-state index in [1.807, 2.05) is 0 Å². The quantitative estimate of drug-likeness (QED) is 0.717. The molecule has 2 aliphatic rings. The minimum absolute atomic E-state index is 0.321. The van der Waals surface area contributed by atoms with Gasteiger partial charge in [0, 0.05) is 6.54 Å². The minimum Gasteiger partial charge on any atom is -0.317 e. The standard InChI is InChI=1S/C10H20N2O2S/c13-15(14,12-7-9-1-2-9)8-10-3-5-11-6-4-10/h9-12H,1-8H2. The molecule has 15 heavy (non-hydrogen) atoms. The van der Waals surface area contributed by atoms with E-state index in [2.05, 4.69) is 10.0 Å². The summed E-state index contributed by atoms with van der Waals surface area (Å²) in [5.74, 6) is 1.29. The first-order valence-corrected chi connectivity index (χ1v) is 7.49. The lowest BCUT2D eigenvalue weighted by atomic mass is 10.0.